The molecule has 4 rings (SSSR count). The molecule has 1 amide bonds. The topological polar surface area (TPSA) is 57.6 Å². The van der Waals surface area contributed by atoms with Gasteiger partial charge in [-0.05, 0) is 23.8 Å². The summed E-state index contributed by atoms with van der Waals surface area (Å²) in [6, 6.07) is 22.9. The second kappa shape index (κ2) is 7.23. The summed E-state index contributed by atoms with van der Waals surface area (Å²) in [7, 11) is 0. The number of rotatable bonds is 5. The first-order valence-corrected chi connectivity index (χ1v) is 9.33. The van der Waals surface area contributed by atoms with Crippen LogP contribution in [0.25, 0.3) is 0 Å². The number of aliphatic hydroxyl groups is 1. The van der Waals surface area contributed by atoms with Gasteiger partial charge in [0, 0.05) is 16.1 Å². The van der Waals surface area contributed by atoms with Crippen LogP contribution in [0.4, 0.5) is 5.69 Å². The summed E-state index contributed by atoms with van der Waals surface area (Å²) in [5.41, 5.74) is 0.545. The van der Waals surface area contributed by atoms with Crippen molar-refractivity contribution in [3.05, 3.63) is 101 Å². The normalized spacial score (nSPS) is 18.2. The lowest BCUT2D eigenvalue weighted by atomic mass is 9.88. The molecule has 0 bridgehead atoms. The molecule has 1 heterocycles. The van der Waals surface area contributed by atoms with Crippen molar-refractivity contribution in [3.8, 4) is 0 Å². The lowest BCUT2D eigenvalue weighted by Crippen LogP contribution is -2.41. The van der Waals surface area contributed by atoms with Gasteiger partial charge in [-0.15, -0.1) is 0 Å². The second-order valence-corrected chi connectivity index (χ2v) is 7.30. The van der Waals surface area contributed by atoms with Gasteiger partial charge in [0.2, 0.25) is 0 Å². The van der Waals surface area contributed by atoms with Crippen LogP contribution in [-0.4, -0.2) is 16.8 Å². The van der Waals surface area contributed by atoms with Gasteiger partial charge in [-0.1, -0.05) is 72.3 Å². The molecule has 0 fully saturated rings. The van der Waals surface area contributed by atoms with Crippen LogP contribution in [-0.2, 0) is 16.9 Å². The summed E-state index contributed by atoms with van der Waals surface area (Å²) < 4.78 is 0. The van der Waals surface area contributed by atoms with Gasteiger partial charge in [-0.3, -0.25) is 9.59 Å². The Balaban J connectivity index is 1.68. The van der Waals surface area contributed by atoms with Gasteiger partial charge < -0.3 is 10.0 Å². The van der Waals surface area contributed by atoms with Gasteiger partial charge >= 0.3 is 0 Å². The molecule has 140 valence electrons. The third-order valence-corrected chi connectivity index (χ3v) is 5.26. The number of benzene rings is 3. The average molecular weight is 392 g/mol. The Morgan fingerprint density at radius 3 is 2.29 bits per heavy atom. The van der Waals surface area contributed by atoms with E-state index in [2.05, 4.69) is 0 Å². The fraction of sp³-hybridized carbons (Fsp3) is 0.130. The van der Waals surface area contributed by atoms with E-state index in [-0.39, 0.29) is 18.7 Å². The first kappa shape index (κ1) is 18.4. The van der Waals surface area contributed by atoms with Gasteiger partial charge in [0.15, 0.2) is 11.4 Å². The van der Waals surface area contributed by atoms with Crippen LogP contribution in [0.5, 0.6) is 0 Å². The number of halogens is 1. The summed E-state index contributed by atoms with van der Waals surface area (Å²) in [4.78, 5) is 27.5. The Morgan fingerprint density at radius 1 is 0.929 bits per heavy atom. The smallest absolute Gasteiger partial charge is 0.264 e. The zero-order chi connectivity index (χ0) is 19.7. The minimum atomic E-state index is -1.88. The number of hydrogen-bond acceptors (Lipinski definition) is 3. The summed E-state index contributed by atoms with van der Waals surface area (Å²) in [5, 5.41) is 11.9. The minimum absolute atomic E-state index is 0.278. The predicted molar refractivity (Wildman–Crippen MR) is 108 cm³/mol. The largest absolute Gasteiger partial charge is 0.375 e. The van der Waals surface area contributed by atoms with E-state index in [0.29, 0.717) is 21.8 Å². The summed E-state index contributed by atoms with van der Waals surface area (Å²) in [6.07, 6.45) is -0.302. The molecule has 3 aromatic rings. The highest BCUT2D eigenvalue weighted by Gasteiger charge is 2.50. The molecule has 0 aliphatic carbocycles. The number of fused-ring (bicyclic) bond motifs is 1. The van der Waals surface area contributed by atoms with Gasteiger partial charge in [-0.25, -0.2) is 0 Å². The maximum Gasteiger partial charge on any atom is 0.264 e. The number of carbonyl (C=O) groups is 2. The van der Waals surface area contributed by atoms with Crippen LogP contribution in [0.1, 0.15) is 27.9 Å². The van der Waals surface area contributed by atoms with Crippen LogP contribution < -0.4 is 4.90 Å². The fourth-order valence-corrected chi connectivity index (χ4v) is 3.69. The van der Waals surface area contributed by atoms with Crippen LogP contribution in [0, 0.1) is 0 Å². The Kier molecular flexibility index (Phi) is 4.75. The molecule has 1 N–H and O–H groups in total. The van der Waals surface area contributed by atoms with Crippen molar-refractivity contribution in [3.63, 3.8) is 0 Å². The highest BCUT2D eigenvalue weighted by molar-refractivity contribution is 6.30. The zero-order valence-electron chi connectivity index (χ0n) is 15.0. The SMILES string of the molecule is O=C(C[C@@]1(O)C(=O)N(Cc2ccc(Cl)cc2)c2ccccc21)c1ccccc1. The Hall–Kier alpha value is -2.95. The van der Waals surface area contributed by atoms with Crippen LogP contribution in [0.2, 0.25) is 5.02 Å². The number of amides is 1. The van der Waals surface area contributed by atoms with E-state index < -0.39 is 11.5 Å². The molecular weight excluding hydrogens is 374 g/mol. The monoisotopic (exact) mass is 391 g/mol. The van der Waals surface area contributed by atoms with Crippen molar-refractivity contribution in [2.24, 2.45) is 0 Å². The highest BCUT2D eigenvalue weighted by Crippen LogP contribution is 2.43. The van der Waals surface area contributed by atoms with Gasteiger partial charge in [0.1, 0.15) is 0 Å². The van der Waals surface area contributed by atoms with Crippen LogP contribution >= 0.6 is 11.6 Å². The standard InChI is InChI=1S/C23H18ClNO3/c24-18-12-10-16(11-13-18)15-25-20-9-5-4-8-19(20)23(28,22(25)27)14-21(26)17-6-2-1-3-7-17/h1-13,28H,14-15H2/t23-/m0/s1. The maximum absolute atomic E-state index is 13.2. The molecule has 0 radical (unpaired) electrons. The molecular formula is C23H18ClNO3. The van der Waals surface area contributed by atoms with Crippen molar-refractivity contribution < 1.29 is 14.7 Å². The molecule has 5 heteroatoms. The summed E-state index contributed by atoms with van der Waals surface area (Å²) >= 11 is 5.94. The number of para-hydroxylation sites is 1. The van der Waals surface area contributed by atoms with E-state index in [9.17, 15) is 14.7 Å². The van der Waals surface area contributed by atoms with Gasteiger partial charge in [0.05, 0.1) is 18.7 Å². The van der Waals surface area contributed by atoms with Crippen molar-refractivity contribution in [2.75, 3.05) is 4.90 Å². The predicted octanol–water partition coefficient (Wildman–Crippen LogP) is 4.35. The summed E-state index contributed by atoms with van der Waals surface area (Å²) in [5.74, 6) is -0.771. The van der Waals surface area contributed by atoms with E-state index in [4.69, 9.17) is 11.6 Å². The van der Waals surface area contributed by atoms with Crippen molar-refractivity contribution in [2.45, 2.75) is 18.6 Å². The number of nitrogens with zero attached hydrogens (tertiary/aromatic N) is 1. The van der Waals surface area contributed by atoms with Crippen molar-refractivity contribution >= 4 is 29.0 Å². The third kappa shape index (κ3) is 3.21. The van der Waals surface area contributed by atoms with Crippen LogP contribution in [0.15, 0.2) is 78.9 Å². The number of Topliss-reactive ketones (excluding diaryl/α,β-unsaturated/α-hetero) is 1. The Bertz CT molecular complexity index is 1030. The first-order chi connectivity index (χ1) is 13.5. The molecule has 4 nitrogen and oxygen atoms in total. The number of ketones is 1. The van der Waals surface area contributed by atoms with E-state index >= 15 is 0 Å². The molecule has 0 saturated heterocycles. The average Bonchev–Trinajstić information content (AvgIpc) is 2.92. The highest BCUT2D eigenvalue weighted by atomic mass is 35.5. The Labute approximate surface area is 168 Å². The van der Waals surface area contributed by atoms with Crippen molar-refractivity contribution in [1.82, 2.24) is 0 Å². The minimum Gasteiger partial charge on any atom is -0.375 e. The zero-order valence-corrected chi connectivity index (χ0v) is 15.8. The van der Waals surface area contributed by atoms with Crippen molar-refractivity contribution in [1.29, 1.82) is 0 Å². The third-order valence-electron chi connectivity index (χ3n) is 5.01. The molecule has 1 atom stereocenters. The fourth-order valence-electron chi connectivity index (χ4n) is 3.57. The van der Waals surface area contributed by atoms with E-state index in [1.165, 1.54) is 4.90 Å². The molecule has 1 aliphatic heterocycles. The molecule has 0 unspecified atom stereocenters. The molecule has 0 saturated carbocycles. The first-order valence-electron chi connectivity index (χ1n) is 8.95. The maximum atomic E-state index is 13.2. The molecule has 0 aromatic heterocycles. The van der Waals surface area contributed by atoms with Gasteiger partial charge in [0.25, 0.3) is 5.91 Å². The molecule has 1 aliphatic rings. The number of carbonyl (C=O) groups excluding carboxylic acids is 2. The Morgan fingerprint density at radius 2 is 1.57 bits per heavy atom. The van der Waals surface area contributed by atoms with Crippen LogP contribution in [0.3, 0.4) is 0 Å². The number of hydrogen-bond donors (Lipinski definition) is 1. The second-order valence-electron chi connectivity index (χ2n) is 6.86. The van der Waals surface area contributed by atoms with Gasteiger partial charge in [-0.2, -0.15) is 0 Å². The van der Waals surface area contributed by atoms with E-state index in [1.54, 1.807) is 54.6 Å². The number of anilines is 1. The molecule has 0 spiro atoms. The molecule has 3 aromatic carbocycles. The summed E-state index contributed by atoms with van der Waals surface area (Å²) in [6.45, 7) is 0.287. The quantitative estimate of drug-likeness (QED) is 0.658. The lowest BCUT2D eigenvalue weighted by Gasteiger charge is -2.23. The lowest BCUT2D eigenvalue weighted by molar-refractivity contribution is -0.136. The molecule has 28 heavy (non-hydrogen) atoms. The van der Waals surface area contributed by atoms with E-state index in [0.717, 1.165) is 5.56 Å². The van der Waals surface area contributed by atoms with E-state index in [1.807, 2.05) is 24.3 Å².